The maximum Gasteiger partial charge on any atom is 0.164 e. The second-order valence-electron chi connectivity index (χ2n) is 15.5. The molecule has 4 aromatic heterocycles. The normalized spacial score (nSPS) is 11.9. The highest BCUT2D eigenvalue weighted by Crippen LogP contribution is 2.45. The van der Waals surface area contributed by atoms with E-state index in [-0.39, 0.29) is 0 Å². The standard InChI is InChI=1S/C55H32N4OS/c1-3-14-33(15-4-1)34-26-28-36(29-27-34)54-56-53(35-16-5-2-6-17-35)57-55(58-54)44-30-43-38-19-8-11-24-48(38)60-52(43)51-40(44)21-13-23-46(51)59-45-22-10-7-18-37(45)41-32-50-42(31-47(41)59)39-20-9-12-25-49(39)61-50/h1-32H. The van der Waals surface area contributed by atoms with Crippen LogP contribution in [0.4, 0.5) is 0 Å². The molecule has 0 fully saturated rings. The first-order valence-corrected chi connectivity index (χ1v) is 21.2. The second kappa shape index (κ2) is 13.3. The fourth-order valence-corrected chi connectivity index (χ4v) is 10.3. The van der Waals surface area contributed by atoms with Gasteiger partial charge in [0, 0.05) is 63.8 Å². The summed E-state index contributed by atoms with van der Waals surface area (Å²) >= 11 is 1.85. The smallest absolute Gasteiger partial charge is 0.164 e. The average molecular weight is 797 g/mol. The summed E-state index contributed by atoms with van der Waals surface area (Å²) in [6.07, 6.45) is 0. The third-order valence-corrected chi connectivity index (χ3v) is 13.2. The highest BCUT2D eigenvalue weighted by atomic mass is 32.1. The largest absolute Gasteiger partial charge is 0.455 e. The Morgan fingerprint density at radius 2 is 0.984 bits per heavy atom. The van der Waals surface area contributed by atoms with Crippen LogP contribution in [0.1, 0.15) is 0 Å². The molecule has 0 aliphatic heterocycles. The van der Waals surface area contributed by atoms with E-state index in [9.17, 15) is 0 Å². The van der Waals surface area contributed by atoms with E-state index >= 15 is 0 Å². The lowest BCUT2D eigenvalue weighted by molar-refractivity contribution is 0.672. The number of nitrogens with zero attached hydrogens (tertiary/aromatic N) is 4. The summed E-state index contributed by atoms with van der Waals surface area (Å²) in [7, 11) is 0. The van der Waals surface area contributed by atoms with Crippen LogP contribution in [0, 0.1) is 0 Å². The molecule has 13 aromatic rings. The Bertz CT molecular complexity index is 3870. The van der Waals surface area contributed by atoms with Crippen molar-refractivity contribution in [1.82, 2.24) is 19.5 Å². The molecule has 0 bridgehead atoms. The molecule has 61 heavy (non-hydrogen) atoms. The molecule has 0 N–H and O–H groups in total. The molecule has 9 aromatic carbocycles. The molecule has 0 aliphatic rings. The number of furan rings is 1. The summed E-state index contributed by atoms with van der Waals surface area (Å²) in [6.45, 7) is 0. The molecule has 0 spiro atoms. The van der Waals surface area contributed by atoms with Crippen molar-refractivity contribution >= 4 is 86.0 Å². The van der Waals surface area contributed by atoms with Crippen molar-refractivity contribution in [2.75, 3.05) is 0 Å². The van der Waals surface area contributed by atoms with Crippen molar-refractivity contribution in [3.8, 4) is 51.0 Å². The Kier molecular flexibility index (Phi) is 7.41. The lowest BCUT2D eigenvalue weighted by Gasteiger charge is -2.15. The van der Waals surface area contributed by atoms with Crippen LogP contribution in [0.5, 0.6) is 0 Å². The van der Waals surface area contributed by atoms with Crippen LogP contribution in [0.25, 0.3) is 126 Å². The minimum Gasteiger partial charge on any atom is -0.455 e. The van der Waals surface area contributed by atoms with Crippen molar-refractivity contribution in [2.24, 2.45) is 0 Å². The van der Waals surface area contributed by atoms with Gasteiger partial charge in [-0.05, 0) is 59.0 Å². The van der Waals surface area contributed by atoms with Gasteiger partial charge in [-0.15, -0.1) is 11.3 Å². The summed E-state index contributed by atoms with van der Waals surface area (Å²) in [5.74, 6) is 1.82. The van der Waals surface area contributed by atoms with Crippen molar-refractivity contribution in [1.29, 1.82) is 0 Å². The molecule has 4 heterocycles. The number of aromatic nitrogens is 4. The molecule has 5 nitrogen and oxygen atoms in total. The Morgan fingerprint density at radius 3 is 1.79 bits per heavy atom. The molecule has 0 atom stereocenters. The maximum atomic E-state index is 6.90. The minimum atomic E-state index is 0.596. The van der Waals surface area contributed by atoms with E-state index in [1.54, 1.807) is 0 Å². The van der Waals surface area contributed by atoms with Crippen molar-refractivity contribution < 1.29 is 4.42 Å². The van der Waals surface area contributed by atoms with Crippen LogP contribution in [-0.4, -0.2) is 19.5 Å². The van der Waals surface area contributed by atoms with E-state index in [0.29, 0.717) is 17.5 Å². The molecular weight excluding hydrogens is 765 g/mol. The highest BCUT2D eigenvalue weighted by Gasteiger charge is 2.23. The molecule has 0 amide bonds. The van der Waals surface area contributed by atoms with E-state index in [0.717, 1.165) is 77.2 Å². The Labute approximate surface area is 353 Å². The molecule has 0 radical (unpaired) electrons. The van der Waals surface area contributed by atoms with E-state index in [4.69, 9.17) is 19.4 Å². The summed E-state index contributed by atoms with van der Waals surface area (Å²) in [4.78, 5) is 15.7. The van der Waals surface area contributed by atoms with Gasteiger partial charge in [-0.1, -0.05) is 152 Å². The Balaban J connectivity index is 1.11. The predicted octanol–water partition coefficient (Wildman–Crippen LogP) is 15.1. The van der Waals surface area contributed by atoms with Gasteiger partial charge in [0.1, 0.15) is 11.2 Å². The number of para-hydroxylation sites is 2. The van der Waals surface area contributed by atoms with E-state index in [1.807, 2.05) is 41.7 Å². The molecule has 284 valence electrons. The molecule has 0 saturated carbocycles. The van der Waals surface area contributed by atoms with Crippen molar-refractivity contribution in [3.05, 3.63) is 194 Å². The minimum absolute atomic E-state index is 0.596. The van der Waals surface area contributed by atoms with Gasteiger partial charge in [-0.2, -0.15) is 0 Å². The van der Waals surface area contributed by atoms with Crippen LogP contribution in [0.2, 0.25) is 0 Å². The predicted molar refractivity (Wildman–Crippen MR) is 254 cm³/mol. The SMILES string of the molecule is c1ccc(-c2ccc(-c3nc(-c4ccccc4)nc(-c4cc5c6ccccc6oc5c5c(-n6c7ccccc7c7cc8sc9ccccc9c8cc76)cccc45)n3)cc2)cc1. The van der Waals surface area contributed by atoms with Crippen LogP contribution in [0.15, 0.2) is 199 Å². The molecule has 0 saturated heterocycles. The number of hydrogen-bond acceptors (Lipinski definition) is 5. The van der Waals surface area contributed by atoms with Crippen LogP contribution >= 0.6 is 11.3 Å². The lowest BCUT2D eigenvalue weighted by Crippen LogP contribution is -2.01. The van der Waals surface area contributed by atoms with Gasteiger partial charge in [0.2, 0.25) is 0 Å². The summed E-state index contributed by atoms with van der Waals surface area (Å²) < 4.78 is 11.9. The second-order valence-corrected chi connectivity index (χ2v) is 16.6. The zero-order valence-corrected chi connectivity index (χ0v) is 33.4. The molecule has 6 heteroatoms. The van der Waals surface area contributed by atoms with Gasteiger partial charge in [-0.3, -0.25) is 0 Å². The number of fused-ring (bicyclic) bond motifs is 11. The van der Waals surface area contributed by atoms with E-state index in [1.165, 1.54) is 30.9 Å². The van der Waals surface area contributed by atoms with Crippen molar-refractivity contribution in [3.63, 3.8) is 0 Å². The average Bonchev–Trinajstić information content (AvgIpc) is 4.00. The molecule has 13 rings (SSSR count). The van der Waals surface area contributed by atoms with Crippen molar-refractivity contribution in [2.45, 2.75) is 0 Å². The molecule has 0 unspecified atom stereocenters. The van der Waals surface area contributed by atoms with Crippen LogP contribution in [-0.2, 0) is 0 Å². The fraction of sp³-hybridized carbons (Fsp3) is 0. The van der Waals surface area contributed by atoms with Gasteiger partial charge in [0.25, 0.3) is 0 Å². The third-order valence-electron chi connectivity index (χ3n) is 12.1. The summed E-state index contributed by atoms with van der Waals surface area (Å²) in [5.41, 5.74) is 10.0. The first kappa shape index (κ1) is 34.0. The quantitative estimate of drug-likeness (QED) is 0.174. The van der Waals surface area contributed by atoms with Gasteiger partial charge >= 0.3 is 0 Å². The Morgan fingerprint density at radius 1 is 0.377 bits per heavy atom. The highest BCUT2D eigenvalue weighted by molar-refractivity contribution is 7.25. The zero-order chi connectivity index (χ0) is 40.0. The van der Waals surface area contributed by atoms with E-state index < -0.39 is 0 Å². The number of benzene rings is 9. The number of hydrogen-bond donors (Lipinski definition) is 0. The third kappa shape index (κ3) is 5.29. The first-order valence-electron chi connectivity index (χ1n) is 20.4. The number of thiophene rings is 1. The Hall–Kier alpha value is -7.93. The number of rotatable bonds is 5. The summed E-state index contributed by atoms with van der Waals surface area (Å²) in [5, 5.41) is 9.00. The van der Waals surface area contributed by atoms with Gasteiger partial charge < -0.3 is 8.98 Å². The van der Waals surface area contributed by atoms with Gasteiger partial charge in [0.05, 0.1) is 16.7 Å². The first-order chi connectivity index (χ1) is 30.2. The zero-order valence-electron chi connectivity index (χ0n) is 32.6. The maximum absolute atomic E-state index is 6.90. The lowest BCUT2D eigenvalue weighted by atomic mass is 9.98. The monoisotopic (exact) mass is 796 g/mol. The summed E-state index contributed by atoms with van der Waals surface area (Å²) in [6, 6.07) is 68.4. The van der Waals surface area contributed by atoms with Gasteiger partial charge in [-0.25, -0.2) is 15.0 Å². The van der Waals surface area contributed by atoms with Crippen LogP contribution in [0.3, 0.4) is 0 Å². The van der Waals surface area contributed by atoms with Crippen LogP contribution < -0.4 is 0 Å². The molecule has 0 aliphatic carbocycles. The fourth-order valence-electron chi connectivity index (χ4n) is 9.22. The van der Waals surface area contributed by atoms with E-state index in [2.05, 4.69) is 168 Å². The topological polar surface area (TPSA) is 56.7 Å². The molecular formula is C55H32N4OS. The van der Waals surface area contributed by atoms with Gasteiger partial charge in [0.15, 0.2) is 17.5 Å².